The van der Waals surface area contributed by atoms with Gasteiger partial charge in [0.1, 0.15) is 5.54 Å². The van der Waals surface area contributed by atoms with Crippen molar-refractivity contribution in [2.24, 2.45) is 0 Å². The molecule has 126 valence electrons. The van der Waals surface area contributed by atoms with Crippen LogP contribution in [-0.2, 0) is 22.6 Å². The van der Waals surface area contributed by atoms with Gasteiger partial charge in [-0.15, -0.1) is 6.58 Å². The van der Waals surface area contributed by atoms with Gasteiger partial charge in [0.15, 0.2) is 0 Å². The van der Waals surface area contributed by atoms with Crippen LogP contribution in [0.5, 0.6) is 0 Å². The maximum absolute atomic E-state index is 12.5. The Morgan fingerprint density at radius 2 is 1.50 bits per heavy atom. The second-order valence-electron chi connectivity index (χ2n) is 6.09. The van der Waals surface area contributed by atoms with Crippen molar-refractivity contribution < 1.29 is 9.53 Å². The Labute approximate surface area is 144 Å². The molecule has 3 nitrogen and oxygen atoms in total. The van der Waals surface area contributed by atoms with Crippen molar-refractivity contribution in [3.8, 4) is 0 Å². The average Bonchev–Trinajstić information content (AvgIpc) is 2.62. The van der Waals surface area contributed by atoms with Crippen LogP contribution in [0.15, 0.2) is 73.3 Å². The quantitative estimate of drug-likeness (QED) is 0.539. The monoisotopic (exact) mass is 323 g/mol. The van der Waals surface area contributed by atoms with Gasteiger partial charge in [-0.3, -0.25) is 9.69 Å². The van der Waals surface area contributed by atoms with Crippen LogP contribution >= 0.6 is 0 Å². The molecule has 2 aromatic rings. The SMILES string of the molecule is C=CCC(C)(C(=O)OC)N(Cc1ccccc1)Cc1ccccc1. The van der Waals surface area contributed by atoms with E-state index >= 15 is 0 Å². The van der Waals surface area contributed by atoms with E-state index in [1.54, 1.807) is 6.08 Å². The Balaban J connectivity index is 2.35. The third-order valence-corrected chi connectivity index (χ3v) is 4.30. The fourth-order valence-corrected chi connectivity index (χ4v) is 2.85. The molecule has 0 aromatic heterocycles. The molecule has 0 saturated carbocycles. The van der Waals surface area contributed by atoms with Crippen LogP contribution in [0, 0.1) is 0 Å². The molecule has 1 atom stereocenters. The predicted octanol–water partition coefficient (Wildman–Crippen LogP) is 4.20. The van der Waals surface area contributed by atoms with Crippen LogP contribution in [0.2, 0.25) is 0 Å². The van der Waals surface area contributed by atoms with Gasteiger partial charge in [-0.1, -0.05) is 66.7 Å². The number of hydrogen-bond donors (Lipinski definition) is 0. The molecule has 0 fully saturated rings. The molecule has 0 heterocycles. The zero-order chi connectivity index (χ0) is 17.4. The molecule has 2 rings (SSSR count). The highest BCUT2D eigenvalue weighted by atomic mass is 16.5. The van der Waals surface area contributed by atoms with Crippen molar-refractivity contribution in [3.05, 3.63) is 84.4 Å². The molecule has 0 aliphatic rings. The third-order valence-electron chi connectivity index (χ3n) is 4.30. The number of rotatable bonds is 8. The standard InChI is InChI=1S/C21H25NO2/c1-4-15-21(2,20(23)24-3)22(16-18-11-7-5-8-12-18)17-19-13-9-6-10-14-19/h4-14H,1,15-17H2,2-3H3. The second kappa shape index (κ2) is 8.46. The van der Waals surface area contributed by atoms with Gasteiger partial charge in [0.2, 0.25) is 0 Å². The maximum atomic E-state index is 12.5. The van der Waals surface area contributed by atoms with E-state index in [-0.39, 0.29) is 5.97 Å². The fraction of sp³-hybridized carbons (Fsp3) is 0.286. The van der Waals surface area contributed by atoms with E-state index in [9.17, 15) is 4.79 Å². The molecule has 1 unspecified atom stereocenters. The van der Waals surface area contributed by atoms with Crippen LogP contribution in [0.3, 0.4) is 0 Å². The molecular formula is C21H25NO2. The molecule has 0 spiro atoms. The summed E-state index contributed by atoms with van der Waals surface area (Å²) in [6.45, 7) is 7.07. The Kier molecular flexibility index (Phi) is 6.33. The lowest BCUT2D eigenvalue weighted by atomic mass is 9.93. The number of esters is 1. The summed E-state index contributed by atoms with van der Waals surface area (Å²) in [5.74, 6) is -0.241. The zero-order valence-corrected chi connectivity index (χ0v) is 14.4. The highest BCUT2D eigenvalue weighted by molar-refractivity contribution is 5.80. The predicted molar refractivity (Wildman–Crippen MR) is 97.4 cm³/mol. The van der Waals surface area contributed by atoms with Crippen LogP contribution in [0.25, 0.3) is 0 Å². The van der Waals surface area contributed by atoms with E-state index in [1.165, 1.54) is 7.11 Å². The molecular weight excluding hydrogens is 298 g/mol. The van der Waals surface area contributed by atoms with Crippen LogP contribution in [0.4, 0.5) is 0 Å². The minimum absolute atomic E-state index is 0.241. The number of benzene rings is 2. The van der Waals surface area contributed by atoms with E-state index < -0.39 is 5.54 Å². The largest absolute Gasteiger partial charge is 0.468 e. The van der Waals surface area contributed by atoms with E-state index in [0.717, 1.165) is 11.1 Å². The molecule has 0 N–H and O–H groups in total. The molecule has 0 aliphatic carbocycles. The van der Waals surface area contributed by atoms with Crippen molar-refractivity contribution in [2.75, 3.05) is 7.11 Å². The van der Waals surface area contributed by atoms with Gasteiger partial charge in [0.05, 0.1) is 7.11 Å². The highest BCUT2D eigenvalue weighted by Gasteiger charge is 2.39. The lowest BCUT2D eigenvalue weighted by Crippen LogP contribution is -2.52. The highest BCUT2D eigenvalue weighted by Crippen LogP contribution is 2.26. The number of hydrogen-bond acceptors (Lipinski definition) is 3. The zero-order valence-electron chi connectivity index (χ0n) is 14.4. The van der Waals surface area contributed by atoms with Gasteiger partial charge in [-0.25, -0.2) is 0 Å². The lowest BCUT2D eigenvalue weighted by Gasteiger charge is -2.38. The van der Waals surface area contributed by atoms with Gasteiger partial charge in [0.25, 0.3) is 0 Å². The molecule has 0 aliphatic heterocycles. The first-order valence-corrected chi connectivity index (χ1v) is 8.12. The number of nitrogens with zero attached hydrogens (tertiary/aromatic N) is 1. The first-order valence-electron chi connectivity index (χ1n) is 8.12. The number of carbonyl (C=O) groups excluding carboxylic acids is 1. The first-order chi connectivity index (χ1) is 11.6. The number of ether oxygens (including phenoxy) is 1. The minimum Gasteiger partial charge on any atom is -0.468 e. The van der Waals surface area contributed by atoms with Gasteiger partial charge in [-0.2, -0.15) is 0 Å². The maximum Gasteiger partial charge on any atom is 0.326 e. The molecule has 0 amide bonds. The van der Waals surface area contributed by atoms with Crippen LogP contribution in [0.1, 0.15) is 24.5 Å². The van der Waals surface area contributed by atoms with E-state index in [1.807, 2.05) is 43.3 Å². The second-order valence-corrected chi connectivity index (χ2v) is 6.09. The van der Waals surface area contributed by atoms with Crippen LogP contribution < -0.4 is 0 Å². The van der Waals surface area contributed by atoms with Gasteiger partial charge >= 0.3 is 5.97 Å². The molecule has 24 heavy (non-hydrogen) atoms. The van der Waals surface area contributed by atoms with Crippen molar-refractivity contribution in [1.82, 2.24) is 4.90 Å². The topological polar surface area (TPSA) is 29.5 Å². The molecule has 0 saturated heterocycles. The minimum atomic E-state index is -0.762. The van der Waals surface area contributed by atoms with Crippen LogP contribution in [-0.4, -0.2) is 23.5 Å². The molecule has 2 aromatic carbocycles. The van der Waals surface area contributed by atoms with Gasteiger partial charge in [-0.05, 0) is 24.5 Å². The summed E-state index contributed by atoms with van der Waals surface area (Å²) < 4.78 is 5.10. The van der Waals surface area contributed by atoms with E-state index in [4.69, 9.17) is 4.74 Å². The van der Waals surface area contributed by atoms with Gasteiger partial charge < -0.3 is 4.74 Å². The summed E-state index contributed by atoms with van der Waals surface area (Å²) in [6, 6.07) is 20.3. The summed E-state index contributed by atoms with van der Waals surface area (Å²) in [5.41, 5.74) is 1.56. The molecule has 3 heteroatoms. The number of methoxy groups -OCH3 is 1. The van der Waals surface area contributed by atoms with E-state index in [0.29, 0.717) is 19.5 Å². The normalized spacial score (nSPS) is 13.3. The van der Waals surface area contributed by atoms with Crippen molar-refractivity contribution in [2.45, 2.75) is 32.0 Å². The Morgan fingerprint density at radius 3 is 1.88 bits per heavy atom. The third kappa shape index (κ3) is 4.33. The number of carbonyl (C=O) groups is 1. The summed E-state index contributed by atoms with van der Waals surface area (Å²) >= 11 is 0. The lowest BCUT2D eigenvalue weighted by molar-refractivity contribution is -0.155. The molecule has 0 bridgehead atoms. The summed E-state index contributed by atoms with van der Waals surface area (Å²) in [4.78, 5) is 14.7. The first kappa shape index (κ1) is 18.0. The Morgan fingerprint density at radius 1 is 1.04 bits per heavy atom. The fourth-order valence-electron chi connectivity index (χ4n) is 2.85. The van der Waals surface area contributed by atoms with Crippen molar-refractivity contribution >= 4 is 5.97 Å². The average molecular weight is 323 g/mol. The van der Waals surface area contributed by atoms with E-state index in [2.05, 4.69) is 35.7 Å². The van der Waals surface area contributed by atoms with Crippen molar-refractivity contribution in [1.29, 1.82) is 0 Å². The van der Waals surface area contributed by atoms with Crippen molar-refractivity contribution in [3.63, 3.8) is 0 Å². The Hall–Kier alpha value is -2.39. The Bertz CT molecular complexity index is 613. The smallest absolute Gasteiger partial charge is 0.326 e. The summed E-state index contributed by atoms with van der Waals surface area (Å²) in [6.07, 6.45) is 2.30. The summed E-state index contributed by atoms with van der Waals surface area (Å²) in [7, 11) is 1.44. The summed E-state index contributed by atoms with van der Waals surface area (Å²) in [5, 5.41) is 0. The van der Waals surface area contributed by atoms with Gasteiger partial charge in [0, 0.05) is 13.1 Å². The molecule has 0 radical (unpaired) electrons.